The van der Waals surface area contributed by atoms with E-state index in [0.717, 1.165) is 47.8 Å². The molecule has 2 aromatic heterocycles. The van der Waals surface area contributed by atoms with Crippen molar-refractivity contribution in [1.29, 1.82) is 0 Å². The molecule has 1 aliphatic rings. The smallest absolute Gasteiger partial charge is 0.251 e. The maximum Gasteiger partial charge on any atom is 0.251 e. The molecule has 158 valence electrons. The van der Waals surface area contributed by atoms with Gasteiger partial charge in [-0.15, -0.1) is 0 Å². The van der Waals surface area contributed by atoms with Gasteiger partial charge in [0.1, 0.15) is 0 Å². The van der Waals surface area contributed by atoms with Crippen LogP contribution in [0.15, 0.2) is 53.1 Å². The molecule has 0 bridgehead atoms. The van der Waals surface area contributed by atoms with E-state index in [1.807, 2.05) is 55.1 Å². The van der Waals surface area contributed by atoms with Crippen LogP contribution in [0.3, 0.4) is 0 Å². The third-order valence-corrected chi connectivity index (χ3v) is 6.18. The van der Waals surface area contributed by atoms with Gasteiger partial charge in [-0.1, -0.05) is 35.5 Å². The van der Waals surface area contributed by atoms with Crippen LogP contribution in [0.4, 0.5) is 0 Å². The van der Waals surface area contributed by atoms with Crippen molar-refractivity contribution >= 4 is 16.8 Å². The monoisotopic (exact) mass is 415 g/mol. The van der Waals surface area contributed by atoms with Gasteiger partial charge in [0, 0.05) is 35.5 Å². The number of nitrogens with zero attached hydrogens (tertiary/aromatic N) is 4. The number of aromatic nitrogens is 4. The second kappa shape index (κ2) is 7.98. The molecule has 1 amide bonds. The zero-order valence-corrected chi connectivity index (χ0v) is 17.7. The minimum Gasteiger partial charge on any atom is -0.349 e. The van der Waals surface area contributed by atoms with Gasteiger partial charge in [0.25, 0.3) is 5.91 Å². The molecule has 0 unspecified atom stereocenters. The number of nitrogens with one attached hydrogen (secondary N) is 1. The van der Waals surface area contributed by atoms with Crippen LogP contribution < -0.4 is 5.32 Å². The van der Waals surface area contributed by atoms with E-state index in [-0.39, 0.29) is 17.9 Å². The van der Waals surface area contributed by atoms with Crippen molar-refractivity contribution < 1.29 is 9.32 Å². The molecule has 7 heteroatoms. The first kappa shape index (κ1) is 19.5. The Balaban J connectivity index is 1.24. The quantitative estimate of drug-likeness (QED) is 0.534. The van der Waals surface area contributed by atoms with Crippen LogP contribution in [0.25, 0.3) is 22.3 Å². The predicted molar refractivity (Wildman–Crippen MR) is 118 cm³/mol. The molecule has 2 heterocycles. The normalized spacial score (nSPS) is 18.9. The molecule has 0 atom stereocenters. The lowest BCUT2D eigenvalue weighted by atomic mass is 9.86. The topological polar surface area (TPSA) is 85.8 Å². The molecule has 1 saturated carbocycles. The van der Waals surface area contributed by atoms with Crippen LogP contribution in [0.1, 0.15) is 53.5 Å². The maximum absolute atomic E-state index is 12.4. The summed E-state index contributed by atoms with van der Waals surface area (Å²) in [6.45, 7) is 2.01. The van der Waals surface area contributed by atoms with Gasteiger partial charge in [0.2, 0.25) is 11.7 Å². The first-order valence-corrected chi connectivity index (χ1v) is 10.7. The number of carbonyl (C=O) groups is 1. The number of amides is 1. The van der Waals surface area contributed by atoms with E-state index in [4.69, 9.17) is 4.52 Å². The lowest BCUT2D eigenvalue weighted by molar-refractivity contribution is 0.0924. The molecule has 0 saturated heterocycles. The van der Waals surface area contributed by atoms with Crippen LogP contribution in [0.2, 0.25) is 0 Å². The summed E-state index contributed by atoms with van der Waals surface area (Å²) in [5, 5.41) is 13.0. The molecule has 2 aromatic carbocycles. The average Bonchev–Trinajstić information content (AvgIpc) is 3.40. The first-order valence-electron chi connectivity index (χ1n) is 10.7. The van der Waals surface area contributed by atoms with Gasteiger partial charge in [-0.25, -0.2) is 0 Å². The zero-order valence-electron chi connectivity index (χ0n) is 17.7. The van der Waals surface area contributed by atoms with Crippen LogP contribution >= 0.6 is 0 Å². The van der Waals surface area contributed by atoms with E-state index in [9.17, 15) is 4.79 Å². The highest BCUT2D eigenvalue weighted by atomic mass is 16.5. The predicted octanol–water partition coefficient (Wildman–Crippen LogP) is 4.39. The molecular formula is C24H25N5O2. The van der Waals surface area contributed by atoms with E-state index in [2.05, 4.69) is 32.7 Å². The summed E-state index contributed by atoms with van der Waals surface area (Å²) in [7, 11) is 1.94. The van der Waals surface area contributed by atoms with E-state index < -0.39 is 0 Å². The first-order chi connectivity index (χ1) is 15.1. The summed E-state index contributed by atoms with van der Waals surface area (Å²) in [4.78, 5) is 17.1. The van der Waals surface area contributed by atoms with E-state index >= 15 is 0 Å². The van der Waals surface area contributed by atoms with Gasteiger partial charge in [0.15, 0.2) is 0 Å². The number of fused-ring (bicyclic) bond motifs is 1. The summed E-state index contributed by atoms with van der Waals surface area (Å²) < 4.78 is 7.50. The minimum absolute atomic E-state index is 0.00933. The average molecular weight is 415 g/mol. The number of carbonyl (C=O) groups excluding carboxylic acids is 1. The second-order valence-corrected chi connectivity index (χ2v) is 8.29. The summed E-state index contributed by atoms with van der Waals surface area (Å²) in [6.07, 6.45) is 3.64. The lowest BCUT2D eigenvalue weighted by Gasteiger charge is -2.27. The van der Waals surface area contributed by atoms with Crippen molar-refractivity contribution in [3.05, 3.63) is 65.7 Å². The Bertz CT molecular complexity index is 1220. The number of hydrogen-bond acceptors (Lipinski definition) is 5. The molecule has 0 radical (unpaired) electrons. The Labute approximate surface area is 180 Å². The van der Waals surface area contributed by atoms with Gasteiger partial charge in [-0.05, 0) is 50.8 Å². The highest BCUT2D eigenvalue weighted by Crippen LogP contribution is 2.33. The van der Waals surface area contributed by atoms with Crippen molar-refractivity contribution in [3.8, 4) is 11.4 Å². The van der Waals surface area contributed by atoms with Crippen molar-refractivity contribution in [2.75, 3.05) is 0 Å². The number of aryl methyl sites for hydroxylation is 2. The van der Waals surface area contributed by atoms with Crippen LogP contribution in [0.5, 0.6) is 0 Å². The standard InChI is InChI=1S/C24H25N5O2/c1-15-20-13-10-18(14-21(20)29(2)27-15)22-26-24(31-28-22)17-8-11-19(12-9-17)25-23(30)16-6-4-3-5-7-16/h3-7,10,13-14,17,19H,8-9,11-12H2,1-2H3,(H,25,30)/t17-,19-. The highest BCUT2D eigenvalue weighted by molar-refractivity contribution is 5.94. The number of rotatable bonds is 4. The lowest BCUT2D eigenvalue weighted by Crippen LogP contribution is -2.37. The molecule has 4 aromatic rings. The third-order valence-electron chi connectivity index (χ3n) is 6.18. The molecule has 1 aliphatic carbocycles. The fourth-order valence-corrected chi connectivity index (χ4v) is 4.44. The largest absolute Gasteiger partial charge is 0.349 e. The summed E-state index contributed by atoms with van der Waals surface area (Å²) in [5.74, 6) is 1.51. The Kier molecular flexibility index (Phi) is 5.02. The molecule has 1 fully saturated rings. The molecule has 5 rings (SSSR count). The number of hydrogen-bond donors (Lipinski definition) is 1. The van der Waals surface area contributed by atoms with Crippen molar-refractivity contribution in [1.82, 2.24) is 25.2 Å². The van der Waals surface area contributed by atoms with Gasteiger partial charge < -0.3 is 9.84 Å². The minimum atomic E-state index is -0.00933. The fraction of sp³-hybridized carbons (Fsp3) is 0.333. The van der Waals surface area contributed by atoms with E-state index in [0.29, 0.717) is 17.3 Å². The molecular weight excluding hydrogens is 390 g/mol. The van der Waals surface area contributed by atoms with Crippen LogP contribution in [0, 0.1) is 6.92 Å². The van der Waals surface area contributed by atoms with Crippen molar-refractivity contribution in [3.63, 3.8) is 0 Å². The summed E-state index contributed by atoms with van der Waals surface area (Å²) >= 11 is 0. The van der Waals surface area contributed by atoms with Crippen molar-refractivity contribution in [2.24, 2.45) is 7.05 Å². The van der Waals surface area contributed by atoms with Crippen LogP contribution in [-0.2, 0) is 7.05 Å². The van der Waals surface area contributed by atoms with Gasteiger partial charge in [-0.2, -0.15) is 10.1 Å². The molecule has 7 nitrogen and oxygen atoms in total. The second-order valence-electron chi connectivity index (χ2n) is 8.29. The van der Waals surface area contributed by atoms with Gasteiger partial charge in [-0.3, -0.25) is 9.48 Å². The zero-order chi connectivity index (χ0) is 21.4. The SMILES string of the molecule is Cc1nn(C)c2cc(-c3noc([C@H]4CC[C@H](NC(=O)c5ccccc5)CC4)n3)ccc12. The van der Waals surface area contributed by atoms with Gasteiger partial charge in [0.05, 0.1) is 11.2 Å². The molecule has 0 aliphatic heterocycles. The summed E-state index contributed by atoms with van der Waals surface area (Å²) in [6, 6.07) is 15.7. The Morgan fingerprint density at radius 1 is 1.10 bits per heavy atom. The van der Waals surface area contributed by atoms with Crippen molar-refractivity contribution in [2.45, 2.75) is 44.6 Å². The molecule has 0 spiro atoms. The molecule has 31 heavy (non-hydrogen) atoms. The van der Waals surface area contributed by atoms with E-state index in [1.165, 1.54) is 0 Å². The third kappa shape index (κ3) is 3.83. The highest BCUT2D eigenvalue weighted by Gasteiger charge is 2.27. The maximum atomic E-state index is 12.4. The van der Waals surface area contributed by atoms with E-state index in [1.54, 1.807) is 0 Å². The molecule has 1 N–H and O–H groups in total. The van der Waals surface area contributed by atoms with Crippen LogP contribution in [-0.4, -0.2) is 31.9 Å². The van der Waals surface area contributed by atoms with Gasteiger partial charge >= 0.3 is 0 Å². The fourth-order valence-electron chi connectivity index (χ4n) is 4.44. The Morgan fingerprint density at radius 2 is 1.87 bits per heavy atom. The Hall–Kier alpha value is -3.48. The number of benzene rings is 2. The Morgan fingerprint density at radius 3 is 2.65 bits per heavy atom. The summed E-state index contributed by atoms with van der Waals surface area (Å²) in [5.41, 5.74) is 3.69.